The zero-order valence-corrected chi connectivity index (χ0v) is 11.3. The molecule has 0 heterocycles. The van der Waals surface area contributed by atoms with E-state index in [1.54, 1.807) is 7.11 Å². The molecule has 2 aliphatic rings. The van der Waals surface area contributed by atoms with E-state index in [4.69, 9.17) is 4.74 Å². The van der Waals surface area contributed by atoms with Gasteiger partial charge in [-0.3, -0.25) is 0 Å². The van der Waals surface area contributed by atoms with Crippen LogP contribution in [0.1, 0.15) is 70.6 Å². The molecule has 2 rings (SSSR count). The van der Waals surface area contributed by atoms with Crippen molar-refractivity contribution in [1.82, 2.24) is 0 Å². The Labute approximate surface area is 106 Å². The first-order valence-electron chi connectivity index (χ1n) is 7.50. The molecule has 2 heteroatoms. The molecule has 0 aromatic heterocycles. The number of hydrogen-bond acceptors (Lipinski definition) is 2. The first-order chi connectivity index (χ1) is 8.27. The lowest BCUT2D eigenvalue weighted by Crippen LogP contribution is -2.45. The molecule has 0 aromatic carbocycles. The van der Waals surface area contributed by atoms with E-state index in [0.29, 0.717) is 0 Å². The molecule has 0 aliphatic heterocycles. The molecule has 2 aliphatic carbocycles. The molecule has 0 saturated heterocycles. The van der Waals surface area contributed by atoms with Gasteiger partial charge in [-0.25, -0.2) is 0 Å². The Morgan fingerprint density at radius 3 is 2.35 bits per heavy atom. The Balaban J connectivity index is 1.81. The molecule has 100 valence electrons. The lowest BCUT2D eigenvalue weighted by Gasteiger charge is -2.40. The highest BCUT2D eigenvalue weighted by Crippen LogP contribution is 2.37. The first-order valence-corrected chi connectivity index (χ1v) is 7.50. The van der Waals surface area contributed by atoms with Crippen LogP contribution in [-0.4, -0.2) is 23.9 Å². The van der Waals surface area contributed by atoms with Crippen molar-refractivity contribution in [3.05, 3.63) is 0 Å². The van der Waals surface area contributed by atoms with E-state index in [2.05, 4.69) is 0 Å². The van der Waals surface area contributed by atoms with Crippen LogP contribution in [-0.2, 0) is 4.74 Å². The Morgan fingerprint density at radius 2 is 1.76 bits per heavy atom. The summed E-state index contributed by atoms with van der Waals surface area (Å²) < 4.78 is 5.71. The average Bonchev–Trinajstić information content (AvgIpc) is 2.90. The number of aliphatic hydroxyl groups excluding tert-OH is 1. The maximum atomic E-state index is 10.5. The van der Waals surface area contributed by atoms with Gasteiger partial charge in [-0.15, -0.1) is 0 Å². The average molecular weight is 240 g/mol. The van der Waals surface area contributed by atoms with Crippen LogP contribution in [0.25, 0.3) is 0 Å². The van der Waals surface area contributed by atoms with Crippen molar-refractivity contribution in [2.24, 2.45) is 5.92 Å². The third kappa shape index (κ3) is 3.23. The molecule has 0 bridgehead atoms. The topological polar surface area (TPSA) is 29.5 Å². The molecule has 1 N–H and O–H groups in total. The summed E-state index contributed by atoms with van der Waals surface area (Å²) >= 11 is 0. The molecular formula is C15H28O2. The maximum Gasteiger partial charge on any atom is 0.0936 e. The van der Waals surface area contributed by atoms with Gasteiger partial charge in [0.2, 0.25) is 0 Å². The van der Waals surface area contributed by atoms with E-state index in [9.17, 15) is 5.11 Å². The van der Waals surface area contributed by atoms with Crippen LogP contribution in [0, 0.1) is 5.92 Å². The van der Waals surface area contributed by atoms with Crippen molar-refractivity contribution < 1.29 is 9.84 Å². The fourth-order valence-electron chi connectivity index (χ4n) is 3.78. The van der Waals surface area contributed by atoms with Gasteiger partial charge in [0.05, 0.1) is 11.7 Å². The van der Waals surface area contributed by atoms with Crippen LogP contribution < -0.4 is 0 Å². The van der Waals surface area contributed by atoms with Gasteiger partial charge in [-0.1, -0.05) is 44.9 Å². The van der Waals surface area contributed by atoms with E-state index in [1.807, 2.05) is 0 Å². The number of aliphatic hydroxyl groups is 1. The van der Waals surface area contributed by atoms with Crippen LogP contribution in [0.4, 0.5) is 0 Å². The Bertz CT molecular complexity index is 215. The summed E-state index contributed by atoms with van der Waals surface area (Å²) in [5.41, 5.74) is -0.211. The monoisotopic (exact) mass is 240 g/mol. The van der Waals surface area contributed by atoms with E-state index in [-0.39, 0.29) is 11.7 Å². The number of hydrogen-bond donors (Lipinski definition) is 1. The lowest BCUT2D eigenvalue weighted by atomic mass is 9.78. The predicted molar refractivity (Wildman–Crippen MR) is 70.0 cm³/mol. The zero-order valence-electron chi connectivity index (χ0n) is 11.3. The molecule has 0 aromatic rings. The van der Waals surface area contributed by atoms with Crippen LogP contribution >= 0.6 is 0 Å². The van der Waals surface area contributed by atoms with E-state index < -0.39 is 0 Å². The van der Waals surface area contributed by atoms with Crippen LogP contribution in [0.2, 0.25) is 0 Å². The summed E-state index contributed by atoms with van der Waals surface area (Å²) in [6.07, 6.45) is 13.3. The highest BCUT2D eigenvalue weighted by molar-refractivity contribution is 4.91. The lowest BCUT2D eigenvalue weighted by molar-refractivity contribution is -0.126. The maximum absolute atomic E-state index is 10.5. The fourth-order valence-corrected chi connectivity index (χ4v) is 3.78. The number of rotatable bonds is 5. The van der Waals surface area contributed by atoms with Crippen molar-refractivity contribution in [3.8, 4) is 0 Å². The van der Waals surface area contributed by atoms with Crippen molar-refractivity contribution >= 4 is 0 Å². The molecule has 0 radical (unpaired) electrons. The van der Waals surface area contributed by atoms with E-state index in [1.165, 1.54) is 51.4 Å². The standard InChI is InChI=1S/C15H28O2/c1-17-15(11-5-2-6-12-15)14(16)10-9-13-7-3-4-8-13/h13-14,16H,2-12H2,1H3. The normalized spacial score (nSPS) is 27.2. The van der Waals surface area contributed by atoms with Crippen LogP contribution in [0.5, 0.6) is 0 Å². The Kier molecular flexibility index (Phi) is 4.87. The van der Waals surface area contributed by atoms with Gasteiger partial charge in [-0.2, -0.15) is 0 Å². The number of ether oxygens (including phenoxy) is 1. The molecule has 0 spiro atoms. The summed E-state index contributed by atoms with van der Waals surface area (Å²) in [5, 5.41) is 10.5. The molecule has 2 fully saturated rings. The van der Waals surface area contributed by atoms with Gasteiger partial charge < -0.3 is 9.84 Å². The van der Waals surface area contributed by atoms with Gasteiger partial charge in [0.25, 0.3) is 0 Å². The second-order valence-corrected chi connectivity index (χ2v) is 6.07. The molecular weight excluding hydrogens is 212 g/mol. The van der Waals surface area contributed by atoms with E-state index in [0.717, 1.165) is 25.2 Å². The fraction of sp³-hybridized carbons (Fsp3) is 1.00. The SMILES string of the molecule is COC1(C(O)CCC2CCCC2)CCCCC1. The summed E-state index contributed by atoms with van der Waals surface area (Å²) in [5.74, 6) is 0.877. The number of methoxy groups -OCH3 is 1. The van der Waals surface area contributed by atoms with Crippen molar-refractivity contribution in [2.45, 2.75) is 82.3 Å². The minimum Gasteiger partial charge on any atom is -0.390 e. The second kappa shape index (κ2) is 6.19. The quantitative estimate of drug-likeness (QED) is 0.794. The third-order valence-electron chi connectivity index (χ3n) is 5.04. The van der Waals surface area contributed by atoms with Crippen molar-refractivity contribution in [2.75, 3.05) is 7.11 Å². The summed E-state index contributed by atoms with van der Waals surface area (Å²) in [4.78, 5) is 0. The highest BCUT2D eigenvalue weighted by Gasteiger charge is 2.39. The predicted octanol–water partition coefficient (Wildman–Crippen LogP) is 3.67. The van der Waals surface area contributed by atoms with Crippen molar-refractivity contribution in [1.29, 1.82) is 0 Å². The second-order valence-electron chi connectivity index (χ2n) is 6.07. The molecule has 2 nitrogen and oxygen atoms in total. The van der Waals surface area contributed by atoms with Gasteiger partial charge in [0.1, 0.15) is 0 Å². The third-order valence-corrected chi connectivity index (χ3v) is 5.04. The Morgan fingerprint density at radius 1 is 1.12 bits per heavy atom. The highest BCUT2D eigenvalue weighted by atomic mass is 16.5. The molecule has 1 atom stereocenters. The molecule has 17 heavy (non-hydrogen) atoms. The summed E-state index contributed by atoms with van der Waals surface area (Å²) in [6.45, 7) is 0. The summed E-state index contributed by atoms with van der Waals surface area (Å²) in [7, 11) is 1.78. The zero-order chi connectivity index (χ0) is 12.1. The van der Waals surface area contributed by atoms with Gasteiger partial charge in [0, 0.05) is 7.11 Å². The minimum atomic E-state index is -0.242. The molecule has 0 amide bonds. The van der Waals surface area contributed by atoms with Crippen LogP contribution in [0.15, 0.2) is 0 Å². The smallest absolute Gasteiger partial charge is 0.0936 e. The molecule has 1 unspecified atom stereocenters. The van der Waals surface area contributed by atoms with Gasteiger partial charge in [0.15, 0.2) is 0 Å². The summed E-state index contributed by atoms with van der Waals surface area (Å²) in [6, 6.07) is 0. The largest absolute Gasteiger partial charge is 0.390 e. The van der Waals surface area contributed by atoms with Crippen molar-refractivity contribution in [3.63, 3.8) is 0 Å². The van der Waals surface area contributed by atoms with Gasteiger partial charge >= 0.3 is 0 Å². The van der Waals surface area contributed by atoms with Crippen LogP contribution in [0.3, 0.4) is 0 Å². The first kappa shape index (κ1) is 13.4. The Hall–Kier alpha value is -0.0800. The van der Waals surface area contributed by atoms with Gasteiger partial charge in [-0.05, 0) is 31.6 Å². The van der Waals surface area contributed by atoms with E-state index >= 15 is 0 Å². The minimum absolute atomic E-state index is 0.211. The molecule has 2 saturated carbocycles.